The second kappa shape index (κ2) is 8.64. The number of aromatic nitrogens is 6. The van der Waals surface area contributed by atoms with Gasteiger partial charge < -0.3 is 14.8 Å². The van der Waals surface area contributed by atoms with Crippen LogP contribution in [0.15, 0.2) is 66.4 Å². The normalized spacial score (nSPS) is 15.3. The Kier molecular flexibility index (Phi) is 5.17. The first-order chi connectivity index (χ1) is 17.1. The van der Waals surface area contributed by atoms with E-state index in [1.807, 2.05) is 38.1 Å². The van der Waals surface area contributed by atoms with E-state index < -0.39 is 0 Å². The van der Waals surface area contributed by atoms with Crippen LogP contribution in [-0.2, 0) is 11.2 Å². The first kappa shape index (κ1) is 21.0. The maximum Gasteiger partial charge on any atom is 0.224 e. The van der Waals surface area contributed by atoms with Gasteiger partial charge in [0.1, 0.15) is 36.7 Å². The monoisotopic (exact) mass is 466 g/mol. The number of benzene rings is 2. The Morgan fingerprint density at radius 1 is 1.09 bits per heavy atom. The highest BCUT2D eigenvalue weighted by atomic mass is 16.5. The maximum absolute atomic E-state index is 5.98. The third-order valence-corrected chi connectivity index (χ3v) is 5.73. The summed E-state index contributed by atoms with van der Waals surface area (Å²) in [5, 5.41) is 12.2. The second-order valence-electron chi connectivity index (χ2n) is 8.44. The molecular formula is C25H22N8O2. The Hall–Kier alpha value is -4.60. The van der Waals surface area contributed by atoms with Crippen molar-refractivity contribution in [2.45, 2.75) is 26.4 Å². The third kappa shape index (κ3) is 4.33. The van der Waals surface area contributed by atoms with Crippen molar-refractivity contribution in [3.05, 3.63) is 72.6 Å². The van der Waals surface area contributed by atoms with Crippen LogP contribution in [-0.4, -0.2) is 48.1 Å². The molecule has 5 aromatic rings. The van der Waals surface area contributed by atoms with E-state index in [1.165, 1.54) is 0 Å². The molecule has 0 bridgehead atoms. The molecule has 1 aliphatic rings. The number of hydrogen-bond acceptors (Lipinski definition) is 9. The number of anilines is 2. The average molecular weight is 467 g/mol. The topological polar surface area (TPSA) is 112 Å². The van der Waals surface area contributed by atoms with E-state index in [0.717, 1.165) is 39.4 Å². The summed E-state index contributed by atoms with van der Waals surface area (Å²) >= 11 is 0. The van der Waals surface area contributed by atoms with E-state index in [2.05, 4.69) is 47.6 Å². The minimum absolute atomic E-state index is 0.141. The Bertz CT molecular complexity index is 1580. The Morgan fingerprint density at radius 3 is 2.89 bits per heavy atom. The third-order valence-electron chi connectivity index (χ3n) is 5.73. The first-order valence-corrected chi connectivity index (χ1v) is 11.3. The molecule has 35 heavy (non-hydrogen) atoms. The number of hydrogen-bond donors (Lipinski definition) is 1. The molecule has 2 aromatic carbocycles. The lowest BCUT2D eigenvalue weighted by Gasteiger charge is -2.13. The van der Waals surface area contributed by atoms with Crippen molar-refractivity contribution in [1.82, 2.24) is 29.5 Å². The van der Waals surface area contributed by atoms with Crippen LogP contribution >= 0.6 is 0 Å². The highest BCUT2D eigenvalue weighted by Gasteiger charge is 2.16. The van der Waals surface area contributed by atoms with Crippen molar-refractivity contribution in [2.24, 2.45) is 4.99 Å². The molecule has 1 N–H and O–H groups in total. The van der Waals surface area contributed by atoms with Crippen molar-refractivity contribution in [2.75, 3.05) is 11.9 Å². The molecule has 0 amide bonds. The van der Waals surface area contributed by atoms with Gasteiger partial charge >= 0.3 is 0 Å². The van der Waals surface area contributed by atoms with Crippen molar-refractivity contribution in [3.8, 4) is 11.6 Å². The average Bonchev–Trinajstić information content (AvgIpc) is 3.49. The highest BCUT2D eigenvalue weighted by molar-refractivity contribution is 5.92. The summed E-state index contributed by atoms with van der Waals surface area (Å²) in [5.41, 5.74) is 4.46. The Labute approximate surface area is 200 Å². The van der Waals surface area contributed by atoms with Gasteiger partial charge in [0.25, 0.3) is 0 Å². The van der Waals surface area contributed by atoms with Gasteiger partial charge in [0.15, 0.2) is 11.5 Å². The molecule has 0 aliphatic carbocycles. The summed E-state index contributed by atoms with van der Waals surface area (Å²) in [6.45, 7) is 4.72. The Morgan fingerprint density at radius 2 is 2.03 bits per heavy atom. The zero-order chi connectivity index (χ0) is 23.8. The van der Waals surface area contributed by atoms with Crippen LogP contribution in [0.5, 0.6) is 11.6 Å². The molecule has 0 radical (unpaired) electrons. The molecule has 10 nitrogen and oxygen atoms in total. The SMILES string of the molecule is Cc1cc(Nc2ncnc3ccc(CC4=NCC(C)O4)cc23)ccc1Oc1cc2nncn2cn1. The van der Waals surface area contributed by atoms with Gasteiger partial charge in [-0.05, 0) is 55.3 Å². The standard InChI is InChI=1S/C25H22N8O2/c1-15-7-18(4-6-21(15)35-24-10-22-32-30-14-33(22)13-29-24)31-25-19-8-17(3-5-20(19)27-12-28-25)9-23-26-11-16(2)34-23/h3-8,10,12-14,16H,9,11H2,1-2H3,(H,27,28,31). The fourth-order valence-electron chi connectivity index (χ4n) is 3.98. The number of nitrogens with one attached hydrogen (secondary N) is 1. The number of aryl methyl sites for hydroxylation is 1. The van der Waals surface area contributed by atoms with Gasteiger partial charge in [0.05, 0.1) is 12.1 Å². The summed E-state index contributed by atoms with van der Waals surface area (Å²) in [6.07, 6.45) is 5.56. The van der Waals surface area contributed by atoms with E-state index in [4.69, 9.17) is 9.47 Å². The van der Waals surface area contributed by atoms with Gasteiger partial charge in [0, 0.05) is 23.6 Å². The first-order valence-electron chi connectivity index (χ1n) is 11.3. The van der Waals surface area contributed by atoms with Crippen molar-refractivity contribution in [1.29, 1.82) is 0 Å². The Balaban J connectivity index is 1.23. The molecule has 3 aromatic heterocycles. The number of fused-ring (bicyclic) bond motifs is 2. The van der Waals surface area contributed by atoms with Crippen molar-refractivity contribution < 1.29 is 9.47 Å². The van der Waals surface area contributed by atoms with Gasteiger partial charge in [-0.25, -0.2) is 15.0 Å². The summed E-state index contributed by atoms with van der Waals surface area (Å²) in [4.78, 5) is 17.7. The van der Waals surface area contributed by atoms with Crippen molar-refractivity contribution >= 4 is 34.0 Å². The fourth-order valence-corrected chi connectivity index (χ4v) is 3.98. The van der Waals surface area contributed by atoms with Crippen LogP contribution < -0.4 is 10.1 Å². The van der Waals surface area contributed by atoms with E-state index in [9.17, 15) is 0 Å². The lowest BCUT2D eigenvalue weighted by molar-refractivity contribution is 0.241. The number of nitrogens with zero attached hydrogens (tertiary/aromatic N) is 7. The quantitative estimate of drug-likeness (QED) is 0.395. The van der Waals surface area contributed by atoms with E-state index in [1.54, 1.807) is 29.4 Å². The van der Waals surface area contributed by atoms with E-state index >= 15 is 0 Å². The molecule has 4 heterocycles. The molecule has 1 unspecified atom stereocenters. The lowest BCUT2D eigenvalue weighted by atomic mass is 10.1. The number of rotatable bonds is 6. The largest absolute Gasteiger partial charge is 0.476 e. The van der Waals surface area contributed by atoms with Crippen LogP contribution in [0.1, 0.15) is 18.1 Å². The zero-order valence-electron chi connectivity index (χ0n) is 19.2. The smallest absolute Gasteiger partial charge is 0.224 e. The van der Waals surface area contributed by atoms with Crippen LogP contribution in [0, 0.1) is 6.92 Å². The van der Waals surface area contributed by atoms with Crippen LogP contribution in [0.4, 0.5) is 11.5 Å². The summed E-state index contributed by atoms with van der Waals surface area (Å²) in [5.74, 6) is 2.65. The molecule has 0 saturated heterocycles. The number of aliphatic imine (C=N–C) groups is 1. The molecule has 174 valence electrons. The summed E-state index contributed by atoms with van der Waals surface area (Å²) < 4.78 is 13.5. The van der Waals surface area contributed by atoms with Crippen LogP contribution in [0.3, 0.4) is 0 Å². The molecule has 1 aliphatic heterocycles. The molecular weight excluding hydrogens is 444 g/mol. The van der Waals surface area contributed by atoms with Crippen LogP contribution in [0.2, 0.25) is 0 Å². The fraction of sp³-hybridized carbons (Fsp3) is 0.200. The summed E-state index contributed by atoms with van der Waals surface area (Å²) in [7, 11) is 0. The molecule has 0 saturated carbocycles. The highest BCUT2D eigenvalue weighted by Crippen LogP contribution is 2.30. The maximum atomic E-state index is 5.98. The molecule has 6 rings (SSSR count). The lowest BCUT2D eigenvalue weighted by Crippen LogP contribution is -2.09. The second-order valence-corrected chi connectivity index (χ2v) is 8.44. The molecule has 1 atom stereocenters. The predicted octanol–water partition coefficient (Wildman–Crippen LogP) is 4.27. The number of ether oxygens (including phenoxy) is 2. The van der Waals surface area contributed by atoms with Gasteiger partial charge in [-0.2, -0.15) is 0 Å². The minimum Gasteiger partial charge on any atom is -0.476 e. The molecule has 0 spiro atoms. The summed E-state index contributed by atoms with van der Waals surface area (Å²) in [6, 6.07) is 13.7. The zero-order valence-corrected chi connectivity index (χ0v) is 19.2. The van der Waals surface area contributed by atoms with Gasteiger partial charge in [-0.3, -0.25) is 9.39 Å². The van der Waals surface area contributed by atoms with Gasteiger partial charge in [-0.15, -0.1) is 10.2 Å². The molecule has 0 fully saturated rings. The van der Waals surface area contributed by atoms with Gasteiger partial charge in [0.2, 0.25) is 5.88 Å². The minimum atomic E-state index is 0.141. The van der Waals surface area contributed by atoms with E-state index in [-0.39, 0.29) is 6.10 Å². The predicted molar refractivity (Wildman–Crippen MR) is 131 cm³/mol. The van der Waals surface area contributed by atoms with E-state index in [0.29, 0.717) is 30.2 Å². The van der Waals surface area contributed by atoms with Crippen molar-refractivity contribution in [3.63, 3.8) is 0 Å². The molecule has 10 heteroatoms. The van der Waals surface area contributed by atoms with Crippen LogP contribution in [0.25, 0.3) is 16.6 Å². The van der Waals surface area contributed by atoms with Gasteiger partial charge in [-0.1, -0.05) is 6.07 Å².